The molecule has 9 heavy (non-hydrogen) atoms. The first kappa shape index (κ1) is 8.38. The minimum Gasteiger partial charge on any atom is -0.396 e. The smallest absolute Gasteiger partial charge is 0.298 e. The topological polar surface area (TPSA) is 20.2 Å². The van der Waals surface area contributed by atoms with Crippen molar-refractivity contribution < 1.29 is 13.9 Å². The first-order chi connectivity index (χ1) is 4.27. The molecule has 1 N–H and O–H groups in total. The second-order valence-electron chi connectivity index (χ2n) is 1.45. The normalized spacial score (nSPS) is 8.89. The second kappa shape index (κ2) is 5.52. The van der Waals surface area contributed by atoms with E-state index >= 15 is 0 Å². The highest BCUT2D eigenvalue weighted by Gasteiger charge is 1.89. The number of halogens is 2. The molecule has 0 radical (unpaired) electrons. The Morgan fingerprint density at radius 2 is 2.11 bits per heavy atom. The van der Waals surface area contributed by atoms with Crippen molar-refractivity contribution in [3.8, 4) is 11.8 Å². The molecule has 0 saturated heterocycles. The quantitative estimate of drug-likeness (QED) is 0.441. The largest absolute Gasteiger partial charge is 0.396 e. The summed E-state index contributed by atoms with van der Waals surface area (Å²) in [6.45, 7) is 0.0118. The highest BCUT2D eigenvalue weighted by Crippen LogP contribution is 1.89. The van der Waals surface area contributed by atoms with E-state index in [0.717, 1.165) is 0 Å². The Morgan fingerprint density at radius 1 is 1.44 bits per heavy atom. The molecule has 0 bridgehead atoms. The van der Waals surface area contributed by atoms with Gasteiger partial charge < -0.3 is 5.11 Å². The predicted octanol–water partition coefficient (Wildman–Crippen LogP) is 1.03. The van der Waals surface area contributed by atoms with Crippen LogP contribution in [0.1, 0.15) is 12.8 Å². The lowest BCUT2D eigenvalue weighted by Crippen LogP contribution is -1.83. The lowest BCUT2D eigenvalue weighted by molar-refractivity contribution is 0.215. The molecule has 0 saturated carbocycles. The lowest BCUT2D eigenvalue weighted by Gasteiger charge is -1.83. The predicted molar refractivity (Wildman–Crippen MR) is 30.1 cm³/mol. The zero-order valence-corrected chi connectivity index (χ0v) is 4.90. The van der Waals surface area contributed by atoms with E-state index in [1.54, 1.807) is 5.92 Å². The van der Waals surface area contributed by atoms with Crippen molar-refractivity contribution in [3.63, 3.8) is 0 Å². The molecule has 0 rings (SSSR count). The van der Waals surface area contributed by atoms with E-state index in [-0.39, 0.29) is 6.61 Å². The summed E-state index contributed by atoms with van der Waals surface area (Å²) in [6.07, 6.45) is -1.72. The molecular formula is C6H8F2O. The van der Waals surface area contributed by atoms with Crippen molar-refractivity contribution in [2.45, 2.75) is 19.3 Å². The molecule has 0 aromatic carbocycles. The van der Waals surface area contributed by atoms with Gasteiger partial charge in [0.15, 0.2) is 0 Å². The number of hydrogen-bond donors (Lipinski definition) is 1. The third-order valence-electron chi connectivity index (χ3n) is 0.671. The molecular weight excluding hydrogens is 126 g/mol. The average molecular weight is 134 g/mol. The highest BCUT2D eigenvalue weighted by molar-refractivity contribution is 5.00. The zero-order valence-electron chi connectivity index (χ0n) is 4.90. The fourth-order valence-corrected chi connectivity index (χ4v) is 0.317. The summed E-state index contributed by atoms with van der Waals surface area (Å²) in [5.41, 5.74) is 0. The Bertz CT molecular complexity index is 112. The van der Waals surface area contributed by atoms with E-state index in [0.29, 0.717) is 12.8 Å². The van der Waals surface area contributed by atoms with Gasteiger partial charge >= 0.3 is 0 Å². The maximum Gasteiger partial charge on any atom is 0.298 e. The van der Waals surface area contributed by atoms with Crippen LogP contribution >= 0.6 is 0 Å². The summed E-state index contributed by atoms with van der Waals surface area (Å²) < 4.78 is 22.5. The first-order valence-corrected chi connectivity index (χ1v) is 2.64. The van der Waals surface area contributed by atoms with Gasteiger partial charge in [0, 0.05) is 13.0 Å². The van der Waals surface area contributed by atoms with Crippen molar-refractivity contribution in [2.24, 2.45) is 0 Å². The molecule has 0 fully saturated rings. The van der Waals surface area contributed by atoms with Gasteiger partial charge in [0.1, 0.15) is 0 Å². The highest BCUT2D eigenvalue weighted by atomic mass is 19.3. The Labute approximate surface area is 52.7 Å². The van der Waals surface area contributed by atoms with E-state index in [1.165, 1.54) is 0 Å². The van der Waals surface area contributed by atoms with Crippen LogP contribution in [-0.4, -0.2) is 18.1 Å². The molecule has 0 unspecified atom stereocenters. The van der Waals surface area contributed by atoms with Crippen molar-refractivity contribution in [2.75, 3.05) is 6.61 Å². The van der Waals surface area contributed by atoms with Gasteiger partial charge in [0.05, 0.1) is 0 Å². The molecule has 1 nitrogen and oxygen atoms in total. The van der Waals surface area contributed by atoms with Crippen molar-refractivity contribution in [1.29, 1.82) is 0 Å². The number of hydrogen-bond acceptors (Lipinski definition) is 1. The Kier molecular flexibility index (Phi) is 5.14. The molecule has 0 aliphatic carbocycles. The lowest BCUT2D eigenvalue weighted by atomic mass is 10.3. The number of aliphatic hydroxyl groups is 1. The maximum absolute atomic E-state index is 11.2. The maximum atomic E-state index is 11.2. The summed E-state index contributed by atoms with van der Waals surface area (Å²) in [5, 5.41) is 8.18. The van der Waals surface area contributed by atoms with Crippen LogP contribution in [0.5, 0.6) is 0 Å². The van der Waals surface area contributed by atoms with Crippen LogP contribution in [0.3, 0.4) is 0 Å². The molecule has 0 aromatic heterocycles. The summed E-state index contributed by atoms with van der Waals surface area (Å²) in [5.74, 6) is 3.91. The van der Waals surface area contributed by atoms with Gasteiger partial charge in [-0.1, -0.05) is 5.92 Å². The summed E-state index contributed by atoms with van der Waals surface area (Å²) >= 11 is 0. The molecule has 52 valence electrons. The van der Waals surface area contributed by atoms with Gasteiger partial charge in [-0.15, -0.1) is 0 Å². The Hall–Kier alpha value is -0.620. The summed E-state index contributed by atoms with van der Waals surface area (Å²) in [4.78, 5) is 0. The monoisotopic (exact) mass is 134 g/mol. The number of aliphatic hydroxyl groups excluding tert-OH is 1. The van der Waals surface area contributed by atoms with Gasteiger partial charge in [0.2, 0.25) is 0 Å². The minimum absolute atomic E-state index is 0.0118. The van der Waals surface area contributed by atoms with Gasteiger partial charge in [-0.3, -0.25) is 0 Å². The zero-order chi connectivity index (χ0) is 7.11. The minimum atomic E-state index is -2.54. The first-order valence-electron chi connectivity index (χ1n) is 2.64. The molecule has 0 atom stereocenters. The van der Waals surface area contributed by atoms with Crippen LogP contribution in [0.15, 0.2) is 0 Å². The van der Waals surface area contributed by atoms with Crippen LogP contribution in [0, 0.1) is 11.8 Å². The summed E-state index contributed by atoms with van der Waals surface area (Å²) in [6, 6.07) is 0. The fourth-order valence-electron chi connectivity index (χ4n) is 0.317. The number of unbranched alkanes of at least 4 members (excludes halogenated alkanes) is 1. The standard InChI is InChI=1S/C6H8F2O/c7-6(8)4-2-1-3-5-9/h6,9H,1,3,5H2. The third-order valence-corrected chi connectivity index (χ3v) is 0.671. The molecule has 0 spiro atoms. The molecule has 0 aromatic rings. The van der Waals surface area contributed by atoms with Gasteiger partial charge in [-0.05, 0) is 12.3 Å². The van der Waals surface area contributed by atoms with Gasteiger partial charge in [-0.25, -0.2) is 0 Å². The van der Waals surface area contributed by atoms with Crippen molar-refractivity contribution >= 4 is 0 Å². The van der Waals surface area contributed by atoms with Crippen molar-refractivity contribution in [1.82, 2.24) is 0 Å². The van der Waals surface area contributed by atoms with Crippen LogP contribution in [-0.2, 0) is 0 Å². The van der Waals surface area contributed by atoms with E-state index in [9.17, 15) is 8.78 Å². The number of alkyl halides is 2. The van der Waals surface area contributed by atoms with Crippen LogP contribution < -0.4 is 0 Å². The van der Waals surface area contributed by atoms with Gasteiger partial charge in [-0.2, -0.15) is 8.78 Å². The van der Waals surface area contributed by atoms with Crippen LogP contribution in [0.25, 0.3) is 0 Å². The van der Waals surface area contributed by atoms with E-state index in [4.69, 9.17) is 5.11 Å². The Balaban J connectivity index is 3.16. The SMILES string of the molecule is OCCCC#CC(F)F. The van der Waals surface area contributed by atoms with E-state index in [1.807, 2.05) is 0 Å². The summed E-state index contributed by atoms with van der Waals surface area (Å²) in [7, 11) is 0. The fraction of sp³-hybridized carbons (Fsp3) is 0.667. The molecule has 0 aliphatic heterocycles. The molecule has 0 aliphatic rings. The van der Waals surface area contributed by atoms with Crippen LogP contribution in [0.2, 0.25) is 0 Å². The van der Waals surface area contributed by atoms with Crippen LogP contribution in [0.4, 0.5) is 8.78 Å². The molecule has 0 heterocycles. The molecule has 3 heteroatoms. The molecule has 0 amide bonds. The third kappa shape index (κ3) is 7.38. The average Bonchev–Trinajstić information content (AvgIpc) is 1.80. The number of rotatable bonds is 2. The van der Waals surface area contributed by atoms with E-state index < -0.39 is 6.43 Å². The second-order valence-corrected chi connectivity index (χ2v) is 1.45. The van der Waals surface area contributed by atoms with E-state index in [2.05, 4.69) is 5.92 Å². The van der Waals surface area contributed by atoms with Crippen molar-refractivity contribution in [3.05, 3.63) is 0 Å². The van der Waals surface area contributed by atoms with Gasteiger partial charge in [0.25, 0.3) is 6.43 Å². The Morgan fingerprint density at radius 3 is 2.56 bits per heavy atom.